The van der Waals surface area contributed by atoms with Crippen molar-refractivity contribution < 1.29 is 13.9 Å². The fourth-order valence-electron chi connectivity index (χ4n) is 3.44. The van der Waals surface area contributed by atoms with Gasteiger partial charge < -0.3 is 19.8 Å². The molecule has 0 saturated carbocycles. The van der Waals surface area contributed by atoms with Crippen LogP contribution in [0.15, 0.2) is 65.1 Å². The highest BCUT2D eigenvalue weighted by molar-refractivity contribution is 5.94. The minimum absolute atomic E-state index is 0.0631. The highest BCUT2D eigenvalue weighted by Gasteiger charge is 2.23. The molecule has 1 amide bonds. The standard InChI is InChI=1S/C24H26N2O3/c1-17-7-9-19(10-8-17)22-12-11-21(29-22)16-25-15-18-4-2-5-20(14-18)26-24(27)23-6-3-13-28-23/h2,4-5,7-12,14,23,25H,3,6,13,15-16H2,1H3,(H,26,27). The minimum atomic E-state index is -0.321. The van der Waals surface area contributed by atoms with Gasteiger partial charge in [0.05, 0.1) is 6.54 Å². The summed E-state index contributed by atoms with van der Waals surface area (Å²) in [5, 5.41) is 6.34. The topological polar surface area (TPSA) is 63.5 Å². The number of benzene rings is 2. The van der Waals surface area contributed by atoms with Crippen molar-refractivity contribution in [1.29, 1.82) is 0 Å². The molecule has 0 radical (unpaired) electrons. The lowest BCUT2D eigenvalue weighted by atomic mass is 10.1. The maximum absolute atomic E-state index is 12.2. The van der Waals surface area contributed by atoms with Gasteiger partial charge in [0.25, 0.3) is 5.91 Å². The number of furan rings is 1. The summed E-state index contributed by atoms with van der Waals surface area (Å²) in [4.78, 5) is 12.2. The van der Waals surface area contributed by atoms with Crippen LogP contribution in [0.4, 0.5) is 5.69 Å². The molecule has 1 saturated heterocycles. The van der Waals surface area contributed by atoms with Crippen LogP contribution in [0.1, 0.15) is 29.7 Å². The summed E-state index contributed by atoms with van der Waals surface area (Å²) in [6, 6.07) is 20.2. The number of hydrogen-bond acceptors (Lipinski definition) is 4. The van der Waals surface area contributed by atoms with Crippen molar-refractivity contribution in [2.75, 3.05) is 11.9 Å². The Labute approximate surface area is 171 Å². The van der Waals surface area contributed by atoms with E-state index in [9.17, 15) is 4.79 Å². The van der Waals surface area contributed by atoms with Crippen LogP contribution in [0.5, 0.6) is 0 Å². The lowest BCUT2D eigenvalue weighted by Crippen LogP contribution is -2.26. The zero-order chi connectivity index (χ0) is 20.1. The second-order valence-electron chi connectivity index (χ2n) is 7.43. The number of ether oxygens (including phenoxy) is 1. The zero-order valence-corrected chi connectivity index (χ0v) is 16.6. The first kappa shape index (κ1) is 19.4. The Morgan fingerprint density at radius 2 is 1.93 bits per heavy atom. The smallest absolute Gasteiger partial charge is 0.253 e. The molecule has 0 bridgehead atoms. The molecule has 2 N–H and O–H groups in total. The normalized spacial score (nSPS) is 16.1. The van der Waals surface area contributed by atoms with Gasteiger partial charge >= 0.3 is 0 Å². The molecule has 5 heteroatoms. The molecule has 1 atom stereocenters. The number of carbonyl (C=O) groups is 1. The van der Waals surface area contributed by atoms with E-state index in [1.165, 1.54) is 5.56 Å². The summed E-state index contributed by atoms with van der Waals surface area (Å²) in [6.45, 7) is 4.06. The number of nitrogens with one attached hydrogen (secondary N) is 2. The van der Waals surface area contributed by atoms with Gasteiger partial charge in [0.1, 0.15) is 17.6 Å². The molecule has 1 aromatic heterocycles. The summed E-state index contributed by atoms with van der Waals surface area (Å²) < 4.78 is 11.4. The number of aryl methyl sites for hydroxylation is 1. The van der Waals surface area contributed by atoms with E-state index >= 15 is 0 Å². The van der Waals surface area contributed by atoms with Crippen LogP contribution < -0.4 is 10.6 Å². The second kappa shape index (κ2) is 9.07. The van der Waals surface area contributed by atoms with Crippen LogP contribution in [0.25, 0.3) is 11.3 Å². The van der Waals surface area contributed by atoms with Gasteiger partial charge in [-0.25, -0.2) is 0 Å². The molecule has 2 aromatic carbocycles. The fraction of sp³-hybridized carbons (Fsp3) is 0.292. The van der Waals surface area contributed by atoms with Gasteiger partial charge in [-0.3, -0.25) is 4.79 Å². The lowest BCUT2D eigenvalue weighted by molar-refractivity contribution is -0.124. The van der Waals surface area contributed by atoms with E-state index in [1.807, 2.05) is 36.4 Å². The molecule has 5 nitrogen and oxygen atoms in total. The maximum Gasteiger partial charge on any atom is 0.253 e. The Balaban J connectivity index is 1.29. The zero-order valence-electron chi connectivity index (χ0n) is 16.6. The van der Waals surface area contributed by atoms with Crippen molar-refractivity contribution in [2.24, 2.45) is 0 Å². The van der Waals surface area contributed by atoms with E-state index in [4.69, 9.17) is 9.15 Å². The largest absolute Gasteiger partial charge is 0.460 e. The molecular formula is C24H26N2O3. The van der Waals surface area contributed by atoms with Crippen LogP contribution in [-0.2, 0) is 22.6 Å². The van der Waals surface area contributed by atoms with E-state index in [0.29, 0.717) is 19.7 Å². The third-order valence-corrected chi connectivity index (χ3v) is 5.04. The van der Waals surface area contributed by atoms with Crippen molar-refractivity contribution in [3.8, 4) is 11.3 Å². The summed E-state index contributed by atoms with van der Waals surface area (Å²) in [5.41, 5.74) is 4.21. The van der Waals surface area contributed by atoms with E-state index < -0.39 is 0 Å². The monoisotopic (exact) mass is 390 g/mol. The van der Waals surface area contributed by atoms with Crippen LogP contribution in [-0.4, -0.2) is 18.6 Å². The summed E-state index contributed by atoms with van der Waals surface area (Å²) in [5.74, 6) is 1.70. The molecule has 3 aromatic rings. The van der Waals surface area contributed by atoms with Crippen molar-refractivity contribution in [3.05, 3.63) is 77.6 Å². The summed E-state index contributed by atoms with van der Waals surface area (Å²) in [7, 11) is 0. The number of rotatable bonds is 7. The molecule has 0 aliphatic carbocycles. The Hall–Kier alpha value is -2.89. The number of anilines is 1. The van der Waals surface area contributed by atoms with Crippen LogP contribution in [0.3, 0.4) is 0 Å². The Kier molecular flexibility index (Phi) is 6.08. The Morgan fingerprint density at radius 1 is 1.07 bits per heavy atom. The van der Waals surface area contributed by atoms with Gasteiger partial charge in [-0.15, -0.1) is 0 Å². The molecule has 0 spiro atoms. The Bertz CT molecular complexity index is 956. The molecule has 1 aliphatic heterocycles. The maximum atomic E-state index is 12.2. The molecule has 4 rings (SSSR count). The third-order valence-electron chi connectivity index (χ3n) is 5.04. The first-order valence-corrected chi connectivity index (χ1v) is 10.1. The van der Waals surface area contributed by atoms with Crippen molar-refractivity contribution in [2.45, 2.75) is 39.0 Å². The predicted molar refractivity (Wildman–Crippen MR) is 113 cm³/mol. The quantitative estimate of drug-likeness (QED) is 0.616. The molecule has 1 aliphatic rings. The van der Waals surface area contributed by atoms with E-state index in [0.717, 1.165) is 41.2 Å². The Morgan fingerprint density at radius 3 is 2.72 bits per heavy atom. The average Bonchev–Trinajstić information content (AvgIpc) is 3.41. The minimum Gasteiger partial charge on any atom is -0.460 e. The second-order valence-corrected chi connectivity index (χ2v) is 7.43. The van der Waals surface area contributed by atoms with Gasteiger partial charge in [0.2, 0.25) is 0 Å². The molecule has 2 heterocycles. The van der Waals surface area contributed by atoms with E-state index in [1.54, 1.807) is 0 Å². The summed E-state index contributed by atoms with van der Waals surface area (Å²) >= 11 is 0. The van der Waals surface area contributed by atoms with Gasteiger partial charge in [0.15, 0.2) is 0 Å². The molecule has 1 unspecified atom stereocenters. The van der Waals surface area contributed by atoms with Crippen molar-refractivity contribution in [3.63, 3.8) is 0 Å². The molecular weight excluding hydrogens is 364 g/mol. The van der Waals surface area contributed by atoms with Crippen LogP contribution in [0, 0.1) is 6.92 Å². The average molecular weight is 390 g/mol. The van der Waals surface area contributed by atoms with E-state index in [2.05, 4.69) is 41.8 Å². The predicted octanol–water partition coefficient (Wildman–Crippen LogP) is 4.66. The first-order chi connectivity index (χ1) is 14.2. The number of carbonyl (C=O) groups excluding carboxylic acids is 1. The molecule has 150 valence electrons. The van der Waals surface area contributed by atoms with E-state index in [-0.39, 0.29) is 12.0 Å². The summed E-state index contributed by atoms with van der Waals surface area (Å²) in [6.07, 6.45) is 1.42. The number of hydrogen-bond donors (Lipinski definition) is 2. The first-order valence-electron chi connectivity index (χ1n) is 10.1. The third kappa shape index (κ3) is 5.13. The number of amides is 1. The fourth-order valence-corrected chi connectivity index (χ4v) is 3.44. The van der Waals surface area contributed by atoms with Crippen molar-refractivity contribution in [1.82, 2.24) is 5.32 Å². The SMILES string of the molecule is Cc1ccc(-c2ccc(CNCc3cccc(NC(=O)C4CCCO4)c3)o2)cc1. The lowest BCUT2D eigenvalue weighted by Gasteiger charge is -2.11. The van der Waals surface area contributed by atoms with Gasteiger partial charge in [0, 0.05) is 24.4 Å². The highest BCUT2D eigenvalue weighted by Crippen LogP contribution is 2.22. The highest BCUT2D eigenvalue weighted by atomic mass is 16.5. The van der Waals surface area contributed by atoms with Crippen molar-refractivity contribution >= 4 is 11.6 Å². The molecule has 1 fully saturated rings. The van der Waals surface area contributed by atoms with Gasteiger partial charge in [-0.05, 0) is 49.6 Å². The molecule has 29 heavy (non-hydrogen) atoms. The van der Waals surface area contributed by atoms with Gasteiger partial charge in [-0.2, -0.15) is 0 Å². The van der Waals surface area contributed by atoms with Crippen LogP contribution >= 0.6 is 0 Å². The van der Waals surface area contributed by atoms with Crippen LogP contribution in [0.2, 0.25) is 0 Å². The van der Waals surface area contributed by atoms with Gasteiger partial charge in [-0.1, -0.05) is 42.0 Å².